The van der Waals surface area contributed by atoms with Gasteiger partial charge in [0.2, 0.25) is 5.91 Å². The molecule has 0 atom stereocenters. The number of rotatable bonds is 5. The summed E-state index contributed by atoms with van der Waals surface area (Å²) < 4.78 is 1.77. The van der Waals surface area contributed by atoms with Crippen molar-refractivity contribution >= 4 is 34.7 Å². The van der Waals surface area contributed by atoms with Crippen LogP contribution in [-0.2, 0) is 11.3 Å². The molecule has 1 aromatic heterocycles. The van der Waals surface area contributed by atoms with Gasteiger partial charge < -0.3 is 15.4 Å². The number of fused-ring (bicyclic) bond motifs is 1. The Balaban J connectivity index is 1.99. The molecule has 6 nitrogen and oxygen atoms in total. The lowest BCUT2D eigenvalue weighted by Crippen LogP contribution is -2.17. The van der Waals surface area contributed by atoms with Gasteiger partial charge in [0.05, 0.1) is 11.3 Å². The zero-order chi connectivity index (χ0) is 17.1. The summed E-state index contributed by atoms with van der Waals surface area (Å²) in [6.45, 7) is 0.0862. The van der Waals surface area contributed by atoms with Crippen molar-refractivity contribution in [2.45, 2.75) is 6.54 Å². The number of nitrogens with zero attached hydrogens (tertiary/aromatic N) is 2. The van der Waals surface area contributed by atoms with E-state index < -0.39 is 11.9 Å². The zero-order valence-corrected chi connectivity index (χ0v) is 12.7. The number of aromatic carboxylic acids is 1. The number of nitrogens with two attached hydrogens (primary N) is 1. The monoisotopic (exact) mass is 321 g/mol. The van der Waals surface area contributed by atoms with E-state index in [1.807, 2.05) is 24.3 Å². The van der Waals surface area contributed by atoms with Gasteiger partial charge >= 0.3 is 5.97 Å². The fourth-order valence-electron chi connectivity index (χ4n) is 2.54. The van der Waals surface area contributed by atoms with Crippen LogP contribution in [0.3, 0.4) is 0 Å². The zero-order valence-electron chi connectivity index (χ0n) is 12.7. The quantitative estimate of drug-likeness (QED) is 0.707. The van der Waals surface area contributed by atoms with Crippen molar-refractivity contribution < 1.29 is 14.7 Å². The molecule has 0 saturated carbocycles. The number of para-hydroxylation sites is 1. The average molecular weight is 321 g/mol. The van der Waals surface area contributed by atoms with E-state index in [0.29, 0.717) is 5.69 Å². The average Bonchev–Trinajstić information content (AvgIpc) is 2.91. The van der Waals surface area contributed by atoms with E-state index >= 15 is 0 Å². The lowest BCUT2D eigenvalue weighted by Gasteiger charge is -2.00. The number of carbonyl (C=O) groups is 2. The highest BCUT2D eigenvalue weighted by Crippen LogP contribution is 2.21. The van der Waals surface area contributed by atoms with Crippen molar-refractivity contribution in [3.05, 3.63) is 65.9 Å². The predicted octanol–water partition coefficient (Wildman–Crippen LogP) is 2.58. The van der Waals surface area contributed by atoms with Gasteiger partial charge in [-0.15, -0.1) is 0 Å². The molecule has 0 aliphatic rings. The highest BCUT2D eigenvalue weighted by atomic mass is 16.4. The van der Waals surface area contributed by atoms with Gasteiger partial charge in [0, 0.05) is 28.9 Å². The summed E-state index contributed by atoms with van der Waals surface area (Å²) in [5.41, 5.74) is 7.72. The van der Waals surface area contributed by atoms with E-state index in [9.17, 15) is 9.59 Å². The van der Waals surface area contributed by atoms with Gasteiger partial charge in [0.25, 0.3) is 0 Å². The van der Waals surface area contributed by atoms with Crippen molar-refractivity contribution in [2.75, 3.05) is 0 Å². The molecule has 24 heavy (non-hydrogen) atoms. The van der Waals surface area contributed by atoms with E-state index in [1.165, 1.54) is 12.1 Å². The van der Waals surface area contributed by atoms with Crippen LogP contribution in [0.4, 0.5) is 5.69 Å². The van der Waals surface area contributed by atoms with Crippen LogP contribution in [0.15, 0.2) is 59.7 Å². The minimum Gasteiger partial charge on any atom is -0.478 e. The van der Waals surface area contributed by atoms with Crippen molar-refractivity contribution in [3.8, 4) is 0 Å². The number of carboxylic acid groups (broad SMARTS) is 1. The van der Waals surface area contributed by atoms with Crippen LogP contribution >= 0.6 is 0 Å². The molecule has 2 aromatic carbocycles. The van der Waals surface area contributed by atoms with E-state index in [2.05, 4.69) is 4.99 Å². The standard InChI is InChI=1S/C18H15N3O3/c19-17(22)11-21-10-13(15-6-1-2-7-16(15)21)9-20-14-5-3-4-12(8-14)18(23)24/h1-10H,11H2,(H2,19,22)(H,23,24). The van der Waals surface area contributed by atoms with Crippen molar-refractivity contribution in [2.24, 2.45) is 10.7 Å². The SMILES string of the molecule is NC(=O)Cn1cc(C=Nc2cccc(C(=O)O)c2)c2ccccc21. The molecule has 0 unspecified atom stereocenters. The predicted molar refractivity (Wildman–Crippen MR) is 91.8 cm³/mol. The molecular weight excluding hydrogens is 306 g/mol. The maximum atomic E-state index is 11.2. The molecule has 3 rings (SSSR count). The molecule has 6 heteroatoms. The van der Waals surface area contributed by atoms with Crippen LogP contribution in [0, 0.1) is 0 Å². The number of benzene rings is 2. The number of primary amides is 1. The molecule has 120 valence electrons. The van der Waals surface area contributed by atoms with Crippen LogP contribution in [0.5, 0.6) is 0 Å². The van der Waals surface area contributed by atoms with Crippen molar-refractivity contribution in [1.29, 1.82) is 0 Å². The number of hydrogen-bond acceptors (Lipinski definition) is 3. The normalized spacial score (nSPS) is 11.2. The minimum atomic E-state index is -0.995. The summed E-state index contributed by atoms with van der Waals surface area (Å²) in [6.07, 6.45) is 3.46. The first-order chi connectivity index (χ1) is 11.5. The summed E-state index contributed by atoms with van der Waals surface area (Å²) in [5, 5.41) is 9.97. The second-order valence-corrected chi connectivity index (χ2v) is 5.31. The summed E-state index contributed by atoms with van der Waals surface area (Å²) in [4.78, 5) is 26.6. The lowest BCUT2D eigenvalue weighted by atomic mass is 10.2. The maximum absolute atomic E-state index is 11.2. The Morgan fingerprint density at radius 2 is 1.96 bits per heavy atom. The maximum Gasteiger partial charge on any atom is 0.335 e. The van der Waals surface area contributed by atoms with Crippen molar-refractivity contribution in [1.82, 2.24) is 4.57 Å². The summed E-state index contributed by atoms with van der Waals surface area (Å²) in [5.74, 6) is -1.42. The minimum absolute atomic E-state index is 0.0862. The Kier molecular flexibility index (Phi) is 4.11. The molecule has 0 bridgehead atoms. The first-order valence-electron chi connectivity index (χ1n) is 7.28. The van der Waals surface area contributed by atoms with E-state index in [0.717, 1.165) is 16.5 Å². The Labute approximate surface area is 137 Å². The topological polar surface area (TPSA) is 97.7 Å². The largest absolute Gasteiger partial charge is 0.478 e. The van der Waals surface area contributed by atoms with Gasteiger partial charge in [-0.05, 0) is 24.3 Å². The van der Waals surface area contributed by atoms with Gasteiger partial charge in [-0.2, -0.15) is 0 Å². The van der Waals surface area contributed by atoms with Gasteiger partial charge in [0.1, 0.15) is 6.54 Å². The van der Waals surface area contributed by atoms with Crippen LogP contribution in [0.25, 0.3) is 10.9 Å². The fourth-order valence-corrected chi connectivity index (χ4v) is 2.54. The number of aromatic nitrogens is 1. The lowest BCUT2D eigenvalue weighted by molar-refractivity contribution is -0.118. The smallest absolute Gasteiger partial charge is 0.335 e. The van der Waals surface area contributed by atoms with Gasteiger partial charge in [-0.1, -0.05) is 24.3 Å². The first kappa shape index (κ1) is 15.5. The molecule has 1 heterocycles. The Morgan fingerprint density at radius 1 is 1.17 bits per heavy atom. The molecule has 3 N–H and O–H groups in total. The number of carboxylic acids is 1. The molecule has 0 aliphatic heterocycles. The van der Waals surface area contributed by atoms with Crippen molar-refractivity contribution in [3.63, 3.8) is 0 Å². The van der Waals surface area contributed by atoms with Crippen LogP contribution in [-0.4, -0.2) is 27.8 Å². The third-order valence-electron chi connectivity index (χ3n) is 3.59. The number of hydrogen-bond donors (Lipinski definition) is 2. The molecule has 0 aliphatic carbocycles. The fraction of sp³-hybridized carbons (Fsp3) is 0.0556. The third-order valence-corrected chi connectivity index (χ3v) is 3.59. The number of carbonyl (C=O) groups excluding carboxylic acids is 1. The second-order valence-electron chi connectivity index (χ2n) is 5.31. The molecular formula is C18H15N3O3. The van der Waals surface area contributed by atoms with Gasteiger partial charge in [0.15, 0.2) is 0 Å². The van der Waals surface area contributed by atoms with Gasteiger partial charge in [-0.3, -0.25) is 9.79 Å². The Bertz CT molecular complexity index is 957. The number of aliphatic imine (C=N–C) groups is 1. The van der Waals surface area contributed by atoms with Gasteiger partial charge in [-0.25, -0.2) is 4.79 Å². The Hall–Kier alpha value is -3.41. The third kappa shape index (κ3) is 3.17. The second kappa shape index (κ2) is 6.37. The Morgan fingerprint density at radius 3 is 2.71 bits per heavy atom. The van der Waals surface area contributed by atoms with E-state index in [4.69, 9.17) is 10.8 Å². The van der Waals surface area contributed by atoms with Crippen LogP contribution < -0.4 is 5.73 Å². The van der Waals surface area contributed by atoms with E-state index in [1.54, 1.807) is 29.1 Å². The molecule has 0 fully saturated rings. The molecule has 0 spiro atoms. The van der Waals surface area contributed by atoms with Crippen LogP contribution in [0.1, 0.15) is 15.9 Å². The van der Waals surface area contributed by atoms with Crippen LogP contribution in [0.2, 0.25) is 0 Å². The summed E-state index contributed by atoms with van der Waals surface area (Å²) >= 11 is 0. The summed E-state index contributed by atoms with van der Waals surface area (Å²) in [7, 11) is 0. The van der Waals surface area contributed by atoms with E-state index in [-0.39, 0.29) is 12.1 Å². The highest BCUT2D eigenvalue weighted by molar-refractivity contribution is 6.00. The first-order valence-corrected chi connectivity index (χ1v) is 7.28. The molecule has 3 aromatic rings. The molecule has 1 amide bonds. The summed E-state index contributed by atoms with van der Waals surface area (Å²) in [6, 6.07) is 14.0. The highest BCUT2D eigenvalue weighted by Gasteiger charge is 2.08. The number of amides is 1. The molecule has 0 radical (unpaired) electrons. The molecule has 0 saturated heterocycles.